The summed E-state index contributed by atoms with van der Waals surface area (Å²) in [5, 5.41) is 7.19. The van der Waals surface area contributed by atoms with Gasteiger partial charge in [-0.2, -0.15) is 5.10 Å². The number of aromatic nitrogens is 5. The summed E-state index contributed by atoms with van der Waals surface area (Å²) >= 11 is 0. The highest BCUT2D eigenvalue weighted by Crippen LogP contribution is 2.26. The first-order valence-corrected chi connectivity index (χ1v) is 5.48. The molecule has 18 heavy (non-hydrogen) atoms. The van der Waals surface area contributed by atoms with E-state index in [9.17, 15) is 4.79 Å². The molecule has 3 rings (SSSR count). The molecule has 3 aromatic rings. The van der Waals surface area contributed by atoms with Crippen LogP contribution in [0.3, 0.4) is 0 Å². The largest absolute Gasteiger partial charge is 0.382 e. The molecule has 7 heteroatoms. The predicted octanol–water partition coefficient (Wildman–Crippen LogP) is 0.404. The molecule has 3 heterocycles. The fourth-order valence-electron chi connectivity index (χ4n) is 2.16. The molecule has 0 aliphatic carbocycles. The Morgan fingerprint density at radius 2 is 1.94 bits per heavy atom. The highest BCUT2D eigenvalue weighted by atomic mass is 16.1. The number of fused-ring (bicyclic) bond motifs is 3. The molecule has 0 saturated heterocycles. The minimum absolute atomic E-state index is 0.262. The Kier molecular flexibility index (Phi) is 1.95. The molecule has 3 N–H and O–H groups in total. The number of H-pyrrole nitrogens is 1. The average molecular weight is 244 g/mol. The third kappa shape index (κ3) is 1.18. The van der Waals surface area contributed by atoms with E-state index in [1.165, 1.54) is 0 Å². The van der Waals surface area contributed by atoms with Crippen molar-refractivity contribution in [2.24, 2.45) is 7.05 Å². The Morgan fingerprint density at radius 3 is 2.67 bits per heavy atom. The Bertz CT molecular complexity index is 844. The number of hydrogen-bond donors (Lipinski definition) is 2. The SMILES string of the molecule is Cc1nc2c(nc(C)n2C)c2c(N)n[nH]c(=O)c12. The first-order valence-electron chi connectivity index (χ1n) is 5.48. The third-order valence-corrected chi connectivity index (χ3v) is 3.17. The number of anilines is 1. The number of aromatic amines is 1. The van der Waals surface area contributed by atoms with Gasteiger partial charge >= 0.3 is 0 Å². The molecule has 0 radical (unpaired) electrons. The van der Waals surface area contributed by atoms with Crippen molar-refractivity contribution in [2.45, 2.75) is 13.8 Å². The zero-order chi connectivity index (χ0) is 13.0. The average Bonchev–Trinajstić information content (AvgIpc) is 2.60. The minimum Gasteiger partial charge on any atom is -0.382 e. The van der Waals surface area contributed by atoms with E-state index in [0.29, 0.717) is 27.6 Å². The van der Waals surface area contributed by atoms with E-state index in [4.69, 9.17) is 5.73 Å². The second-order valence-corrected chi connectivity index (χ2v) is 4.28. The molecule has 3 aromatic heterocycles. The fourth-order valence-corrected chi connectivity index (χ4v) is 2.16. The van der Waals surface area contributed by atoms with Crippen LogP contribution in [0.1, 0.15) is 11.5 Å². The van der Waals surface area contributed by atoms with E-state index in [1.54, 1.807) is 6.92 Å². The molecule has 0 spiro atoms. The number of pyridine rings is 1. The van der Waals surface area contributed by atoms with Crippen LogP contribution < -0.4 is 11.3 Å². The van der Waals surface area contributed by atoms with Crippen LogP contribution in [0.5, 0.6) is 0 Å². The summed E-state index contributed by atoms with van der Waals surface area (Å²) in [5.74, 6) is 1.07. The van der Waals surface area contributed by atoms with Crippen LogP contribution >= 0.6 is 0 Å². The minimum atomic E-state index is -0.297. The van der Waals surface area contributed by atoms with Crippen LogP contribution in [0, 0.1) is 13.8 Å². The van der Waals surface area contributed by atoms with Crippen LogP contribution in [0.25, 0.3) is 21.9 Å². The summed E-state index contributed by atoms with van der Waals surface area (Å²) in [6.07, 6.45) is 0. The number of hydrogen-bond acceptors (Lipinski definition) is 5. The van der Waals surface area contributed by atoms with E-state index in [0.717, 1.165) is 5.82 Å². The Hall–Kier alpha value is -2.44. The van der Waals surface area contributed by atoms with Crippen LogP contribution in [0.2, 0.25) is 0 Å². The first-order chi connectivity index (χ1) is 8.50. The second-order valence-electron chi connectivity index (χ2n) is 4.28. The van der Waals surface area contributed by atoms with E-state index < -0.39 is 0 Å². The highest BCUT2D eigenvalue weighted by Gasteiger charge is 2.16. The summed E-state index contributed by atoms with van der Waals surface area (Å²) in [4.78, 5) is 20.7. The van der Waals surface area contributed by atoms with Gasteiger partial charge in [-0.1, -0.05) is 0 Å². The van der Waals surface area contributed by atoms with E-state index in [1.807, 2.05) is 18.5 Å². The van der Waals surface area contributed by atoms with Crippen LogP contribution in [0.15, 0.2) is 4.79 Å². The van der Waals surface area contributed by atoms with Gasteiger partial charge in [0.15, 0.2) is 11.5 Å². The molecule has 0 aromatic carbocycles. The lowest BCUT2D eigenvalue weighted by Gasteiger charge is -2.04. The number of nitrogens with zero attached hydrogens (tertiary/aromatic N) is 4. The zero-order valence-corrected chi connectivity index (χ0v) is 10.3. The molecule has 0 unspecified atom stereocenters. The van der Waals surface area contributed by atoms with Gasteiger partial charge in [0, 0.05) is 7.05 Å². The molecule has 7 nitrogen and oxygen atoms in total. The maximum absolute atomic E-state index is 11.8. The van der Waals surface area contributed by atoms with Gasteiger partial charge in [-0.05, 0) is 13.8 Å². The molecule has 0 fully saturated rings. The quantitative estimate of drug-likeness (QED) is 0.596. The Morgan fingerprint density at radius 1 is 1.22 bits per heavy atom. The molecular formula is C11H12N6O. The van der Waals surface area contributed by atoms with Crippen molar-refractivity contribution in [1.82, 2.24) is 24.7 Å². The lowest BCUT2D eigenvalue weighted by Crippen LogP contribution is -2.13. The fraction of sp³-hybridized carbons (Fsp3) is 0.273. The lowest BCUT2D eigenvalue weighted by atomic mass is 10.1. The molecule has 0 bridgehead atoms. The molecule has 0 aliphatic heterocycles. The number of nitrogens with one attached hydrogen (secondary N) is 1. The van der Waals surface area contributed by atoms with E-state index >= 15 is 0 Å². The molecule has 92 valence electrons. The summed E-state index contributed by atoms with van der Waals surface area (Å²) in [7, 11) is 1.87. The highest BCUT2D eigenvalue weighted by molar-refractivity contribution is 6.08. The normalized spacial score (nSPS) is 11.5. The Labute approximate surface area is 102 Å². The van der Waals surface area contributed by atoms with Gasteiger partial charge < -0.3 is 10.3 Å². The maximum atomic E-state index is 11.8. The van der Waals surface area contributed by atoms with Crippen LogP contribution in [-0.2, 0) is 7.05 Å². The predicted molar refractivity (Wildman–Crippen MR) is 68.3 cm³/mol. The number of nitrogens with two attached hydrogens (primary N) is 1. The summed E-state index contributed by atoms with van der Waals surface area (Å²) in [6.45, 7) is 3.65. The summed E-state index contributed by atoms with van der Waals surface area (Å²) in [5.41, 5.74) is 7.51. The van der Waals surface area contributed by atoms with Crippen molar-refractivity contribution >= 4 is 27.8 Å². The van der Waals surface area contributed by atoms with Gasteiger partial charge in [0.05, 0.1) is 16.5 Å². The van der Waals surface area contributed by atoms with Gasteiger partial charge in [0.25, 0.3) is 5.56 Å². The zero-order valence-electron chi connectivity index (χ0n) is 10.3. The Balaban J connectivity index is 2.74. The van der Waals surface area contributed by atoms with Gasteiger partial charge in [-0.3, -0.25) is 4.79 Å². The lowest BCUT2D eigenvalue weighted by molar-refractivity contribution is 0.872. The van der Waals surface area contributed by atoms with Gasteiger partial charge in [-0.25, -0.2) is 15.1 Å². The maximum Gasteiger partial charge on any atom is 0.274 e. The van der Waals surface area contributed by atoms with Gasteiger partial charge in [0.1, 0.15) is 11.3 Å². The second kappa shape index (κ2) is 3.28. The monoisotopic (exact) mass is 244 g/mol. The number of rotatable bonds is 0. The molecule has 0 atom stereocenters. The van der Waals surface area contributed by atoms with Crippen molar-refractivity contribution < 1.29 is 0 Å². The van der Waals surface area contributed by atoms with Gasteiger partial charge in [0.2, 0.25) is 0 Å². The number of imidazole rings is 1. The first kappa shape index (κ1) is 10.7. The van der Waals surface area contributed by atoms with Gasteiger partial charge in [-0.15, -0.1) is 0 Å². The smallest absolute Gasteiger partial charge is 0.274 e. The molecule has 0 saturated carbocycles. The summed E-state index contributed by atoms with van der Waals surface area (Å²) < 4.78 is 1.86. The van der Waals surface area contributed by atoms with E-state index in [-0.39, 0.29) is 11.4 Å². The summed E-state index contributed by atoms with van der Waals surface area (Å²) in [6, 6.07) is 0. The topological polar surface area (TPSA) is 102 Å². The number of aryl methyl sites for hydroxylation is 3. The third-order valence-electron chi connectivity index (χ3n) is 3.17. The van der Waals surface area contributed by atoms with Crippen LogP contribution in [-0.4, -0.2) is 24.7 Å². The van der Waals surface area contributed by atoms with Crippen molar-refractivity contribution in [1.29, 1.82) is 0 Å². The van der Waals surface area contributed by atoms with Crippen molar-refractivity contribution in [3.05, 3.63) is 21.9 Å². The van der Waals surface area contributed by atoms with Crippen molar-refractivity contribution in [3.8, 4) is 0 Å². The van der Waals surface area contributed by atoms with E-state index in [2.05, 4.69) is 20.2 Å². The molecule has 0 amide bonds. The van der Waals surface area contributed by atoms with Crippen molar-refractivity contribution in [2.75, 3.05) is 5.73 Å². The molecule has 0 aliphatic rings. The number of nitrogen functional groups attached to an aromatic ring is 1. The van der Waals surface area contributed by atoms with Crippen LogP contribution in [0.4, 0.5) is 5.82 Å². The van der Waals surface area contributed by atoms with Crippen molar-refractivity contribution in [3.63, 3.8) is 0 Å². The standard InChI is InChI=1S/C11H12N6O/c1-4-6-7(9(12)15-16-11(6)18)8-10(13-4)17(3)5(2)14-8/h1-3H3,(H2,12,15)(H,16,18). The molecular weight excluding hydrogens is 232 g/mol.